The fraction of sp³-hybridized carbons (Fsp3) is 0.526. The maximum Gasteiger partial charge on any atom is 0.414 e. The summed E-state index contributed by atoms with van der Waals surface area (Å²) in [5, 5.41) is 0. The standard InChI is InChI=1S/C19H25BrN2O4S/c1-2-3-4-13-27(24,25)21-10-7-17(8-11-21)22-18-6-5-16(20)14-15(18)9-12-26-19(22)23/h3-6,14,17H,2,7-13H2,1H3/b4-3-. The number of fused-ring (bicyclic) bond motifs is 1. The molecule has 1 saturated heterocycles. The molecule has 6 nitrogen and oxygen atoms in total. The highest BCUT2D eigenvalue weighted by Gasteiger charge is 2.35. The summed E-state index contributed by atoms with van der Waals surface area (Å²) in [6.07, 6.45) is 5.93. The van der Waals surface area contributed by atoms with Gasteiger partial charge in [0.1, 0.15) is 0 Å². The second-order valence-electron chi connectivity index (χ2n) is 6.80. The van der Waals surface area contributed by atoms with Crippen molar-refractivity contribution in [3.05, 3.63) is 40.4 Å². The lowest BCUT2D eigenvalue weighted by atomic mass is 10.0. The fourth-order valence-corrected chi connectivity index (χ4v) is 5.36. The van der Waals surface area contributed by atoms with Crippen LogP contribution in [-0.2, 0) is 21.2 Å². The first-order valence-corrected chi connectivity index (χ1v) is 11.7. The van der Waals surface area contributed by atoms with Crippen LogP contribution < -0.4 is 4.90 Å². The van der Waals surface area contributed by atoms with Gasteiger partial charge in [-0.3, -0.25) is 4.90 Å². The molecule has 8 heteroatoms. The van der Waals surface area contributed by atoms with Crippen LogP contribution in [0.1, 0.15) is 31.7 Å². The van der Waals surface area contributed by atoms with Gasteiger partial charge in [-0.05, 0) is 43.0 Å². The molecule has 2 aliphatic rings. The number of anilines is 1. The van der Waals surface area contributed by atoms with Crippen molar-refractivity contribution >= 4 is 37.7 Å². The minimum Gasteiger partial charge on any atom is -0.449 e. The molecule has 0 saturated carbocycles. The molecule has 1 amide bonds. The van der Waals surface area contributed by atoms with Gasteiger partial charge in [-0.25, -0.2) is 17.5 Å². The quantitative estimate of drug-likeness (QED) is 0.633. The SMILES string of the molecule is CC/C=C\CS(=O)(=O)N1CCC(N2C(=O)OCCc3cc(Br)ccc32)CC1. The number of cyclic esters (lactones) is 1. The van der Waals surface area contributed by atoms with Crippen LogP contribution in [0.2, 0.25) is 0 Å². The van der Waals surface area contributed by atoms with E-state index in [1.165, 1.54) is 4.31 Å². The van der Waals surface area contributed by atoms with E-state index < -0.39 is 10.0 Å². The average molecular weight is 457 g/mol. The maximum absolute atomic E-state index is 12.6. The zero-order valence-corrected chi connectivity index (χ0v) is 17.8. The van der Waals surface area contributed by atoms with Gasteiger partial charge in [-0.1, -0.05) is 35.0 Å². The monoisotopic (exact) mass is 456 g/mol. The molecular weight excluding hydrogens is 432 g/mol. The van der Waals surface area contributed by atoms with Gasteiger partial charge < -0.3 is 4.74 Å². The Kier molecular flexibility index (Phi) is 6.60. The molecule has 0 spiro atoms. The minimum absolute atomic E-state index is 0.0358. The molecule has 1 aromatic carbocycles. The third kappa shape index (κ3) is 4.73. The summed E-state index contributed by atoms with van der Waals surface area (Å²) < 4.78 is 32.8. The number of sulfonamides is 1. The number of ether oxygens (including phenoxy) is 1. The number of allylic oxidation sites excluding steroid dienone is 1. The Morgan fingerprint density at radius 3 is 2.70 bits per heavy atom. The van der Waals surface area contributed by atoms with Crippen molar-refractivity contribution in [3.8, 4) is 0 Å². The molecular formula is C19H25BrN2O4S. The smallest absolute Gasteiger partial charge is 0.414 e. The molecule has 0 unspecified atom stereocenters. The molecule has 0 aromatic heterocycles. The zero-order chi connectivity index (χ0) is 19.4. The molecule has 1 fully saturated rings. The molecule has 148 valence electrons. The number of benzene rings is 1. The summed E-state index contributed by atoms with van der Waals surface area (Å²) in [7, 11) is -3.29. The normalized spacial score (nSPS) is 19.8. The van der Waals surface area contributed by atoms with E-state index in [0.29, 0.717) is 39.0 Å². The fourth-order valence-electron chi connectivity index (χ4n) is 3.59. The largest absolute Gasteiger partial charge is 0.449 e. The molecule has 2 heterocycles. The number of amides is 1. The van der Waals surface area contributed by atoms with Crippen LogP contribution in [0.4, 0.5) is 10.5 Å². The van der Waals surface area contributed by atoms with Crippen molar-refractivity contribution in [1.29, 1.82) is 0 Å². The summed E-state index contributed by atoms with van der Waals surface area (Å²) in [5.74, 6) is 0.0358. The number of hydrogen-bond acceptors (Lipinski definition) is 4. The minimum atomic E-state index is -3.29. The Hall–Kier alpha value is -1.38. The topological polar surface area (TPSA) is 66.9 Å². The van der Waals surface area contributed by atoms with Crippen LogP contribution in [-0.4, -0.2) is 50.3 Å². The summed E-state index contributed by atoms with van der Waals surface area (Å²) >= 11 is 3.48. The van der Waals surface area contributed by atoms with E-state index in [1.807, 2.05) is 31.2 Å². The van der Waals surface area contributed by atoms with Crippen molar-refractivity contribution in [2.45, 2.75) is 38.6 Å². The molecule has 27 heavy (non-hydrogen) atoms. The van der Waals surface area contributed by atoms with Gasteiger partial charge in [0.15, 0.2) is 0 Å². The van der Waals surface area contributed by atoms with Gasteiger partial charge in [-0.2, -0.15) is 0 Å². The van der Waals surface area contributed by atoms with Gasteiger partial charge in [0.25, 0.3) is 0 Å². The van der Waals surface area contributed by atoms with Crippen LogP contribution in [0, 0.1) is 0 Å². The van der Waals surface area contributed by atoms with Gasteiger partial charge in [0.2, 0.25) is 10.0 Å². The van der Waals surface area contributed by atoms with E-state index in [-0.39, 0.29) is 17.9 Å². The summed E-state index contributed by atoms with van der Waals surface area (Å²) in [6.45, 7) is 3.17. The van der Waals surface area contributed by atoms with Crippen LogP contribution in [0.25, 0.3) is 0 Å². The predicted octanol–water partition coefficient (Wildman–Crippen LogP) is 3.71. The summed E-state index contributed by atoms with van der Waals surface area (Å²) in [5.41, 5.74) is 1.93. The zero-order valence-electron chi connectivity index (χ0n) is 15.4. The van der Waals surface area contributed by atoms with Gasteiger partial charge in [0.05, 0.1) is 18.0 Å². The number of carbonyl (C=O) groups is 1. The number of carbonyl (C=O) groups excluding carboxylic acids is 1. The second-order valence-corrected chi connectivity index (χ2v) is 9.73. The molecule has 0 N–H and O–H groups in total. The van der Waals surface area contributed by atoms with Crippen LogP contribution >= 0.6 is 15.9 Å². The lowest BCUT2D eigenvalue weighted by Crippen LogP contribution is -2.49. The van der Waals surface area contributed by atoms with Crippen molar-refractivity contribution in [1.82, 2.24) is 4.31 Å². The Bertz CT molecular complexity index is 817. The molecule has 0 bridgehead atoms. The number of rotatable bonds is 5. The van der Waals surface area contributed by atoms with Crippen LogP contribution in [0.15, 0.2) is 34.8 Å². The third-order valence-corrected chi connectivity index (χ3v) is 7.24. The lowest BCUT2D eigenvalue weighted by Gasteiger charge is -2.37. The van der Waals surface area contributed by atoms with Gasteiger partial charge in [-0.15, -0.1) is 0 Å². The van der Waals surface area contributed by atoms with Crippen molar-refractivity contribution < 1.29 is 17.9 Å². The predicted molar refractivity (Wildman–Crippen MR) is 109 cm³/mol. The van der Waals surface area contributed by atoms with Crippen molar-refractivity contribution in [2.75, 3.05) is 30.3 Å². The van der Waals surface area contributed by atoms with E-state index in [0.717, 1.165) is 22.1 Å². The highest BCUT2D eigenvalue weighted by molar-refractivity contribution is 9.10. The Labute approximate surface area is 169 Å². The van der Waals surface area contributed by atoms with Crippen molar-refractivity contribution in [2.24, 2.45) is 0 Å². The molecule has 0 aliphatic carbocycles. The highest BCUT2D eigenvalue weighted by atomic mass is 79.9. The Morgan fingerprint density at radius 2 is 2.00 bits per heavy atom. The highest BCUT2D eigenvalue weighted by Crippen LogP contribution is 2.32. The summed E-state index contributed by atoms with van der Waals surface area (Å²) in [4.78, 5) is 14.3. The van der Waals surface area contributed by atoms with E-state index in [1.54, 1.807) is 11.0 Å². The van der Waals surface area contributed by atoms with E-state index in [4.69, 9.17) is 4.74 Å². The van der Waals surface area contributed by atoms with Crippen molar-refractivity contribution in [3.63, 3.8) is 0 Å². The van der Waals surface area contributed by atoms with E-state index in [2.05, 4.69) is 15.9 Å². The van der Waals surface area contributed by atoms with E-state index >= 15 is 0 Å². The average Bonchev–Trinajstić information content (AvgIpc) is 2.80. The third-order valence-electron chi connectivity index (χ3n) is 4.99. The lowest BCUT2D eigenvalue weighted by molar-refractivity contribution is 0.152. The first kappa shape index (κ1) is 20.4. The van der Waals surface area contributed by atoms with Gasteiger partial charge >= 0.3 is 6.09 Å². The molecule has 2 aliphatic heterocycles. The van der Waals surface area contributed by atoms with E-state index in [9.17, 15) is 13.2 Å². The number of piperidine rings is 1. The molecule has 3 rings (SSSR count). The molecule has 0 radical (unpaired) electrons. The second kappa shape index (κ2) is 8.75. The number of nitrogens with zero attached hydrogens (tertiary/aromatic N) is 2. The first-order valence-electron chi connectivity index (χ1n) is 9.29. The molecule has 0 atom stereocenters. The van der Waals surface area contributed by atoms with Crippen LogP contribution in [0.5, 0.6) is 0 Å². The Balaban J connectivity index is 1.74. The number of hydrogen-bond donors (Lipinski definition) is 0. The Morgan fingerprint density at radius 1 is 1.26 bits per heavy atom. The number of halogens is 1. The van der Waals surface area contributed by atoms with Gasteiger partial charge in [0, 0.05) is 30.0 Å². The summed E-state index contributed by atoms with van der Waals surface area (Å²) in [6, 6.07) is 5.81. The first-order chi connectivity index (χ1) is 12.9. The van der Waals surface area contributed by atoms with Crippen LogP contribution in [0.3, 0.4) is 0 Å². The maximum atomic E-state index is 12.6. The molecule has 1 aromatic rings.